The van der Waals surface area contributed by atoms with Gasteiger partial charge >= 0.3 is 0 Å². The number of hydrogen-bond donors (Lipinski definition) is 0. The molecular weight excluding hydrogens is 385 g/mol. The SMILES string of the molecule is CCCCC1CCC(c2ccc(-c3cnc(-c4ccc(C#N)c(F)c4)nc3)cc2)CC1. The minimum absolute atomic E-state index is 0.0231. The molecule has 0 radical (unpaired) electrons. The normalized spacial score (nSPS) is 18.5. The molecule has 0 aliphatic heterocycles. The third kappa shape index (κ3) is 4.99. The largest absolute Gasteiger partial charge is 0.236 e. The summed E-state index contributed by atoms with van der Waals surface area (Å²) >= 11 is 0. The van der Waals surface area contributed by atoms with Crippen molar-refractivity contribution in [3.8, 4) is 28.6 Å². The Balaban J connectivity index is 1.41. The third-order valence-electron chi connectivity index (χ3n) is 6.53. The molecule has 0 saturated heterocycles. The van der Waals surface area contributed by atoms with Crippen molar-refractivity contribution in [2.75, 3.05) is 0 Å². The minimum atomic E-state index is -0.553. The zero-order valence-electron chi connectivity index (χ0n) is 18.0. The molecule has 1 aliphatic carbocycles. The molecule has 2 aromatic carbocycles. The van der Waals surface area contributed by atoms with E-state index in [1.165, 1.54) is 62.6 Å². The molecule has 1 aromatic heterocycles. The summed E-state index contributed by atoms with van der Waals surface area (Å²) in [6.45, 7) is 2.28. The van der Waals surface area contributed by atoms with Crippen molar-refractivity contribution >= 4 is 0 Å². The van der Waals surface area contributed by atoms with E-state index < -0.39 is 5.82 Å². The fourth-order valence-electron chi connectivity index (χ4n) is 4.60. The number of nitrogens with zero attached hydrogens (tertiary/aromatic N) is 3. The zero-order chi connectivity index (χ0) is 21.6. The first-order valence-corrected chi connectivity index (χ1v) is 11.3. The van der Waals surface area contributed by atoms with Crippen LogP contribution in [0.2, 0.25) is 0 Å². The second-order valence-electron chi connectivity index (χ2n) is 8.58. The van der Waals surface area contributed by atoms with Crippen LogP contribution in [0.1, 0.15) is 68.9 Å². The van der Waals surface area contributed by atoms with E-state index in [1.54, 1.807) is 18.5 Å². The van der Waals surface area contributed by atoms with E-state index in [0.717, 1.165) is 17.0 Å². The van der Waals surface area contributed by atoms with E-state index in [1.807, 2.05) is 6.07 Å². The van der Waals surface area contributed by atoms with Crippen molar-refractivity contribution in [3.05, 3.63) is 71.8 Å². The maximum absolute atomic E-state index is 13.9. The van der Waals surface area contributed by atoms with Crippen LogP contribution in [-0.4, -0.2) is 9.97 Å². The van der Waals surface area contributed by atoms with Gasteiger partial charge in [0.25, 0.3) is 0 Å². The van der Waals surface area contributed by atoms with Crippen LogP contribution in [0.25, 0.3) is 22.5 Å². The van der Waals surface area contributed by atoms with Crippen molar-refractivity contribution in [2.45, 2.75) is 57.8 Å². The Bertz CT molecular complexity index is 1040. The van der Waals surface area contributed by atoms with E-state index >= 15 is 0 Å². The van der Waals surface area contributed by atoms with Gasteiger partial charge in [0, 0.05) is 23.5 Å². The van der Waals surface area contributed by atoms with Crippen LogP contribution in [0.4, 0.5) is 4.39 Å². The molecule has 1 aliphatic rings. The smallest absolute Gasteiger partial charge is 0.159 e. The maximum atomic E-state index is 13.9. The monoisotopic (exact) mass is 413 g/mol. The average molecular weight is 414 g/mol. The van der Waals surface area contributed by atoms with Gasteiger partial charge in [-0.25, -0.2) is 14.4 Å². The number of hydrogen-bond acceptors (Lipinski definition) is 3. The van der Waals surface area contributed by atoms with Gasteiger partial charge in [-0.2, -0.15) is 5.26 Å². The quantitative estimate of drug-likeness (QED) is 0.426. The van der Waals surface area contributed by atoms with Crippen LogP contribution in [0.3, 0.4) is 0 Å². The summed E-state index contributed by atoms with van der Waals surface area (Å²) in [4.78, 5) is 8.81. The molecule has 4 heteroatoms. The van der Waals surface area contributed by atoms with E-state index in [0.29, 0.717) is 17.3 Å². The van der Waals surface area contributed by atoms with Crippen LogP contribution < -0.4 is 0 Å². The summed E-state index contributed by atoms with van der Waals surface area (Å²) in [6.07, 6.45) is 12.9. The van der Waals surface area contributed by atoms with E-state index in [4.69, 9.17) is 5.26 Å². The number of rotatable bonds is 6. The van der Waals surface area contributed by atoms with Crippen LogP contribution in [0.15, 0.2) is 54.9 Å². The Morgan fingerprint density at radius 3 is 2.23 bits per heavy atom. The van der Waals surface area contributed by atoms with Gasteiger partial charge in [-0.05, 0) is 66.8 Å². The lowest BCUT2D eigenvalue weighted by Gasteiger charge is -2.29. The van der Waals surface area contributed by atoms with Crippen LogP contribution in [-0.2, 0) is 0 Å². The molecule has 158 valence electrons. The second-order valence-corrected chi connectivity index (χ2v) is 8.58. The molecule has 4 rings (SSSR count). The van der Waals surface area contributed by atoms with E-state index in [9.17, 15) is 4.39 Å². The molecule has 3 nitrogen and oxygen atoms in total. The highest BCUT2D eigenvalue weighted by Crippen LogP contribution is 2.38. The predicted octanol–water partition coefficient (Wildman–Crippen LogP) is 7.29. The van der Waals surface area contributed by atoms with Crippen molar-refractivity contribution in [3.63, 3.8) is 0 Å². The van der Waals surface area contributed by atoms with Gasteiger partial charge in [-0.3, -0.25) is 0 Å². The van der Waals surface area contributed by atoms with Gasteiger partial charge in [0.15, 0.2) is 5.82 Å². The van der Waals surface area contributed by atoms with E-state index in [2.05, 4.69) is 41.2 Å². The first-order valence-electron chi connectivity index (χ1n) is 11.3. The molecule has 3 aromatic rings. The summed E-state index contributed by atoms with van der Waals surface area (Å²) in [5, 5.41) is 8.87. The summed E-state index contributed by atoms with van der Waals surface area (Å²) in [6, 6.07) is 15.1. The number of benzene rings is 2. The van der Waals surface area contributed by atoms with Gasteiger partial charge < -0.3 is 0 Å². The zero-order valence-corrected chi connectivity index (χ0v) is 18.0. The van der Waals surface area contributed by atoms with Gasteiger partial charge in [0.2, 0.25) is 0 Å². The minimum Gasteiger partial charge on any atom is -0.236 e. The highest BCUT2D eigenvalue weighted by atomic mass is 19.1. The number of halogens is 1. The molecule has 1 saturated carbocycles. The Morgan fingerprint density at radius 1 is 0.935 bits per heavy atom. The highest BCUT2D eigenvalue weighted by molar-refractivity contribution is 5.64. The predicted molar refractivity (Wildman–Crippen MR) is 122 cm³/mol. The lowest BCUT2D eigenvalue weighted by Crippen LogP contribution is -2.13. The maximum Gasteiger partial charge on any atom is 0.159 e. The van der Waals surface area contributed by atoms with Gasteiger partial charge in [0.1, 0.15) is 11.9 Å². The van der Waals surface area contributed by atoms with Gasteiger partial charge in [-0.15, -0.1) is 0 Å². The first kappa shape index (κ1) is 21.2. The van der Waals surface area contributed by atoms with Crippen LogP contribution >= 0.6 is 0 Å². The van der Waals surface area contributed by atoms with Gasteiger partial charge in [-0.1, -0.05) is 50.5 Å². The number of nitriles is 1. The number of unbranched alkanes of at least 4 members (excludes halogenated alkanes) is 1. The van der Waals surface area contributed by atoms with Crippen molar-refractivity contribution in [2.24, 2.45) is 5.92 Å². The Hall–Kier alpha value is -3.06. The second kappa shape index (κ2) is 9.83. The van der Waals surface area contributed by atoms with Crippen molar-refractivity contribution < 1.29 is 4.39 Å². The molecule has 0 bridgehead atoms. The molecule has 31 heavy (non-hydrogen) atoms. The Morgan fingerprint density at radius 2 is 1.61 bits per heavy atom. The fourth-order valence-corrected chi connectivity index (χ4v) is 4.60. The molecule has 0 amide bonds. The van der Waals surface area contributed by atoms with Crippen LogP contribution in [0, 0.1) is 23.1 Å². The Labute approximate surface area is 184 Å². The topological polar surface area (TPSA) is 49.6 Å². The van der Waals surface area contributed by atoms with Crippen molar-refractivity contribution in [1.29, 1.82) is 5.26 Å². The average Bonchev–Trinajstić information content (AvgIpc) is 2.83. The molecule has 1 heterocycles. The van der Waals surface area contributed by atoms with E-state index in [-0.39, 0.29) is 5.56 Å². The molecule has 0 N–H and O–H groups in total. The standard InChI is InChI=1S/C27H28FN3/c1-2-3-4-19-5-7-20(8-6-19)21-9-11-22(12-10-21)25-17-30-27(31-18-25)23-13-14-24(16-29)26(28)15-23/h9-15,17-20H,2-8H2,1H3. The van der Waals surface area contributed by atoms with Crippen molar-refractivity contribution in [1.82, 2.24) is 9.97 Å². The molecule has 0 atom stereocenters. The summed E-state index contributed by atoms with van der Waals surface area (Å²) < 4.78 is 13.9. The molecule has 0 unspecified atom stereocenters. The summed E-state index contributed by atoms with van der Waals surface area (Å²) in [5.41, 5.74) is 4.04. The lowest BCUT2D eigenvalue weighted by atomic mass is 9.77. The first-order chi connectivity index (χ1) is 15.2. The summed E-state index contributed by atoms with van der Waals surface area (Å²) in [7, 11) is 0. The fraction of sp³-hybridized carbons (Fsp3) is 0.370. The van der Waals surface area contributed by atoms with Crippen LogP contribution in [0.5, 0.6) is 0 Å². The highest BCUT2D eigenvalue weighted by Gasteiger charge is 2.22. The van der Waals surface area contributed by atoms with Gasteiger partial charge in [0.05, 0.1) is 5.56 Å². The third-order valence-corrected chi connectivity index (χ3v) is 6.53. The molecular formula is C27H28FN3. The summed E-state index contributed by atoms with van der Waals surface area (Å²) in [5.74, 6) is 1.50. The molecule has 0 spiro atoms. The Kier molecular flexibility index (Phi) is 6.72. The lowest BCUT2D eigenvalue weighted by molar-refractivity contribution is 0.304. The molecule has 1 fully saturated rings. The number of aromatic nitrogens is 2.